The first-order valence-corrected chi connectivity index (χ1v) is 11.4. The molecular formula is C24H24N4O4S. The van der Waals surface area contributed by atoms with Gasteiger partial charge < -0.3 is 14.6 Å². The van der Waals surface area contributed by atoms with E-state index in [0.717, 1.165) is 34.0 Å². The van der Waals surface area contributed by atoms with Crippen molar-refractivity contribution < 1.29 is 19.4 Å². The van der Waals surface area contributed by atoms with Crippen LogP contribution >= 0.6 is 11.3 Å². The van der Waals surface area contributed by atoms with Crippen LogP contribution in [0.25, 0.3) is 10.7 Å². The van der Waals surface area contributed by atoms with Crippen molar-refractivity contribution in [1.29, 1.82) is 5.26 Å². The number of nitrogens with zero attached hydrogens (tertiary/aromatic N) is 4. The smallest absolute Gasteiger partial charge is 0.338 e. The maximum atomic E-state index is 11.8. The van der Waals surface area contributed by atoms with Gasteiger partial charge in [0.2, 0.25) is 0 Å². The molecule has 1 aliphatic heterocycles. The highest BCUT2D eigenvalue weighted by molar-refractivity contribution is 7.15. The number of fused-ring (bicyclic) bond motifs is 1. The molecule has 0 bridgehead atoms. The number of ether oxygens (including phenoxy) is 2. The van der Waals surface area contributed by atoms with Crippen molar-refractivity contribution in [3.05, 3.63) is 63.3 Å². The largest absolute Gasteiger partial charge is 0.495 e. The van der Waals surface area contributed by atoms with Gasteiger partial charge in [-0.1, -0.05) is 6.07 Å². The molecule has 0 radical (unpaired) electrons. The quantitative estimate of drug-likeness (QED) is 0.481. The standard InChI is InChI=1S/C24H24N4O4S/c1-15-16(3-4-19-20(15)14-32-24(19)30)5-6-28(7-8-29)13-18-12-27-23(33-18)21-9-22(31-2)17(10-25)11-26-21/h3-4,9,11-12,29H,5-8,13-14H2,1-2H3. The lowest BCUT2D eigenvalue weighted by molar-refractivity contribution is 0.0535. The molecule has 8 nitrogen and oxygen atoms in total. The lowest BCUT2D eigenvalue weighted by Gasteiger charge is -2.21. The Hall–Kier alpha value is -3.32. The first-order chi connectivity index (χ1) is 16.0. The topological polar surface area (TPSA) is 109 Å². The zero-order valence-electron chi connectivity index (χ0n) is 18.5. The molecule has 170 valence electrons. The number of carbonyl (C=O) groups is 1. The maximum absolute atomic E-state index is 11.8. The molecule has 0 atom stereocenters. The van der Waals surface area contributed by atoms with Gasteiger partial charge in [0.25, 0.3) is 0 Å². The molecule has 0 saturated heterocycles. The number of carbonyl (C=O) groups excluding carboxylic acids is 1. The van der Waals surface area contributed by atoms with Gasteiger partial charge in [0.1, 0.15) is 34.7 Å². The van der Waals surface area contributed by atoms with E-state index < -0.39 is 0 Å². The zero-order valence-corrected chi connectivity index (χ0v) is 19.3. The van der Waals surface area contributed by atoms with Crippen LogP contribution in [0.15, 0.2) is 30.6 Å². The number of benzene rings is 1. The van der Waals surface area contributed by atoms with E-state index in [1.54, 1.807) is 6.07 Å². The molecule has 0 unspecified atom stereocenters. The third kappa shape index (κ3) is 4.88. The number of thiazole rings is 1. The molecule has 0 spiro atoms. The van der Waals surface area contributed by atoms with Crippen LogP contribution in [-0.2, 0) is 24.3 Å². The first-order valence-electron chi connectivity index (χ1n) is 10.5. The number of methoxy groups -OCH3 is 1. The summed E-state index contributed by atoms with van der Waals surface area (Å²) in [6.07, 6.45) is 4.11. The number of rotatable bonds is 9. The lowest BCUT2D eigenvalue weighted by atomic mass is 9.96. The summed E-state index contributed by atoms with van der Waals surface area (Å²) in [5.74, 6) is 0.218. The molecule has 0 aliphatic carbocycles. The van der Waals surface area contributed by atoms with E-state index in [0.29, 0.717) is 42.3 Å². The summed E-state index contributed by atoms with van der Waals surface area (Å²) in [6, 6.07) is 7.62. The molecule has 3 aromatic rings. The van der Waals surface area contributed by atoms with Crippen LogP contribution in [-0.4, -0.2) is 52.7 Å². The Labute approximate surface area is 196 Å². The van der Waals surface area contributed by atoms with Crippen LogP contribution in [0.4, 0.5) is 0 Å². The van der Waals surface area contributed by atoms with Crippen LogP contribution in [0.1, 0.15) is 37.5 Å². The Morgan fingerprint density at radius 3 is 2.91 bits per heavy atom. The van der Waals surface area contributed by atoms with E-state index in [1.807, 2.05) is 25.3 Å². The number of esters is 1. The third-order valence-corrected chi connectivity index (χ3v) is 6.75. The average Bonchev–Trinajstić information content (AvgIpc) is 3.45. The number of nitriles is 1. The number of aliphatic hydroxyl groups is 1. The minimum Gasteiger partial charge on any atom is -0.495 e. The van der Waals surface area contributed by atoms with Gasteiger partial charge in [0.15, 0.2) is 0 Å². The number of hydrogen-bond acceptors (Lipinski definition) is 9. The summed E-state index contributed by atoms with van der Waals surface area (Å²) in [7, 11) is 1.52. The Balaban J connectivity index is 1.45. The molecule has 3 heterocycles. The molecule has 4 rings (SSSR count). The van der Waals surface area contributed by atoms with E-state index in [1.165, 1.54) is 30.2 Å². The molecule has 9 heteroatoms. The van der Waals surface area contributed by atoms with E-state index in [9.17, 15) is 9.90 Å². The Bertz CT molecular complexity index is 1220. The van der Waals surface area contributed by atoms with Gasteiger partial charge >= 0.3 is 5.97 Å². The lowest BCUT2D eigenvalue weighted by Crippen LogP contribution is -2.28. The predicted octanol–water partition coefficient (Wildman–Crippen LogP) is 3.10. The van der Waals surface area contributed by atoms with Gasteiger partial charge in [-0.3, -0.25) is 9.88 Å². The molecule has 0 fully saturated rings. The van der Waals surface area contributed by atoms with E-state index >= 15 is 0 Å². The second-order valence-electron chi connectivity index (χ2n) is 7.72. The van der Waals surface area contributed by atoms with Crippen molar-refractivity contribution in [2.45, 2.75) is 26.5 Å². The first kappa shape index (κ1) is 22.9. The van der Waals surface area contributed by atoms with E-state index in [4.69, 9.17) is 14.7 Å². The fourth-order valence-electron chi connectivity index (χ4n) is 3.88. The minimum absolute atomic E-state index is 0.0611. The molecule has 2 aromatic heterocycles. The van der Waals surface area contributed by atoms with Crippen LogP contribution < -0.4 is 4.74 Å². The van der Waals surface area contributed by atoms with Gasteiger partial charge in [0.05, 0.1) is 19.3 Å². The number of aliphatic hydroxyl groups excluding tert-OH is 1. The van der Waals surface area contributed by atoms with Crippen LogP contribution in [0.5, 0.6) is 5.75 Å². The summed E-state index contributed by atoms with van der Waals surface area (Å²) < 4.78 is 10.4. The number of cyclic esters (lactones) is 1. The second kappa shape index (κ2) is 10.1. The fourth-order valence-corrected chi connectivity index (χ4v) is 4.81. The average molecular weight is 465 g/mol. The van der Waals surface area contributed by atoms with Crippen molar-refractivity contribution in [1.82, 2.24) is 14.9 Å². The van der Waals surface area contributed by atoms with Crippen LogP contribution in [0.2, 0.25) is 0 Å². The Morgan fingerprint density at radius 2 is 2.15 bits per heavy atom. The van der Waals surface area contributed by atoms with Gasteiger partial charge in [-0.15, -0.1) is 11.3 Å². The maximum Gasteiger partial charge on any atom is 0.338 e. The molecule has 1 N–H and O–H groups in total. The molecule has 33 heavy (non-hydrogen) atoms. The summed E-state index contributed by atoms with van der Waals surface area (Å²) in [5.41, 5.74) is 4.95. The SMILES string of the molecule is COc1cc(-c2ncc(CN(CCO)CCc3ccc4c(c3C)COC4=O)s2)ncc1C#N. The summed E-state index contributed by atoms with van der Waals surface area (Å²) >= 11 is 1.52. The number of pyridine rings is 1. The van der Waals surface area contributed by atoms with Gasteiger partial charge in [-0.05, 0) is 30.5 Å². The second-order valence-corrected chi connectivity index (χ2v) is 8.83. The van der Waals surface area contributed by atoms with Crippen molar-refractivity contribution in [3.8, 4) is 22.5 Å². The highest BCUT2D eigenvalue weighted by atomic mass is 32.1. The Morgan fingerprint density at radius 1 is 1.30 bits per heavy atom. The summed E-state index contributed by atoms with van der Waals surface area (Å²) in [4.78, 5) is 23.8. The van der Waals surface area contributed by atoms with Gasteiger partial charge in [0, 0.05) is 48.5 Å². The van der Waals surface area contributed by atoms with Crippen molar-refractivity contribution in [3.63, 3.8) is 0 Å². The fraction of sp³-hybridized carbons (Fsp3) is 0.333. The molecule has 0 saturated carbocycles. The normalized spacial score (nSPS) is 12.5. The highest BCUT2D eigenvalue weighted by Gasteiger charge is 2.24. The molecule has 1 aliphatic rings. The van der Waals surface area contributed by atoms with Crippen molar-refractivity contribution >= 4 is 17.3 Å². The minimum atomic E-state index is -0.253. The van der Waals surface area contributed by atoms with Gasteiger partial charge in [-0.2, -0.15) is 5.26 Å². The van der Waals surface area contributed by atoms with Crippen molar-refractivity contribution in [2.75, 3.05) is 26.8 Å². The predicted molar refractivity (Wildman–Crippen MR) is 123 cm³/mol. The van der Waals surface area contributed by atoms with E-state index in [-0.39, 0.29) is 12.6 Å². The van der Waals surface area contributed by atoms with E-state index in [2.05, 4.69) is 20.9 Å². The number of hydrogen-bond donors (Lipinski definition) is 1. The number of aromatic nitrogens is 2. The third-order valence-electron chi connectivity index (χ3n) is 5.75. The van der Waals surface area contributed by atoms with Crippen LogP contribution in [0.3, 0.4) is 0 Å². The summed E-state index contributed by atoms with van der Waals surface area (Å²) in [6.45, 7) is 4.38. The van der Waals surface area contributed by atoms with Crippen LogP contribution in [0, 0.1) is 18.3 Å². The Kier molecular flexibility index (Phi) is 6.99. The molecular weight excluding hydrogens is 440 g/mol. The monoisotopic (exact) mass is 464 g/mol. The van der Waals surface area contributed by atoms with Gasteiger partial charge in [-0.25, -0.2) is 9.78 Å². The zero-order chi connectivity index (χ0) is 23.4. The highest BCUT2D eigenvalue weighted by Crippen LogP contribution is 2.29. The van der Waals surface area contributed by atoms with Crippen molar-refractivity contribution in [2.24, 2.45) is 0 Å². The molecule has 1 aromatic carbocycles. The molecule has 0 amide bonds. The summed E-state index contributed by atoms with van der Waals surface area (Å²) in [5, 5.41) is 19.4.